The van der Waals surface area contributed by atoms with Crippen LogP contribution in [0.4, 0.5) is 0 Å². The highest BCUT2D eigenvalue weighted by molar-refractivity contribution is 9.10. The van der Waals surface area contributed by atoms with Crippen molar-refractivity contribution in [1.82, 2.24) is 15.1 Å². The van der Waals surface area contributed by atoms with E-state index in [0.717, 1.165) is 15.6 Å². The van der Waals surface area contributed by atoms with Crippen molar-refractivity contribution in [3.63, 3.8) is 0 Å². The molecule has 0 bridgehead atoms. The van der Waals surface area contributed by atoms with E-state index in [0.29, 0.717) is 12.3 Å². The van der Waals surface area contributed by atoms with Gasteiger partial charge in [-0.05, 0) is 40.5 Å². The molecule has 1 aromatic carbocycles. The van der Waals surface area contributed by atoms with Crippen molar-refractivity contribution in [3.8, 4) is 5.75 Å². The van der Waals surface area contributed by atoms with Crippen LogP contribution in [-0.4, -0.2) is 34.7 Å². The molecule has 5 nitrogen and oxygen atoms in total. The first-order chi connectivity index (χ1) is 9.56. The Labute approximate surface area is 126 Å². The lowest BCUT2D eigenvalue weighted by Crippen LogP contribution is -2.30. The van der Waals surface area contributed by atoms with Gasteiger partial charge in [0.2, 0.25) is 0 Å². The van der Waals surface area contributed by atoms with Crippen molar-refractivity contribution in [2.75, 3.05) is 13.7 Å². The number of nitrogens with zero attached hydrogens (tertiary/aromatic N) is 2. The van der Waals surface area contributed by atoms with E-state index in [4.69, 9.17) is 4.74 Å². The largest absolute Gasteiger partial charge is 0.483 e. The van der Waals surface area contributed by atoms with Crippen LogP contribution < -0.4 is 4.74 Å². The van der Waals surface area contributed by atoms with Gasteiger partial charge in [-0.1, -0.05) is 6.07 Å². The number of aromatic nitrogens is 2. The molecule has 2 aromatic rings. The summed E-state index contributed by atoms with van der Waals surface area (Å²) in [5, 5.41) is 6.57. The molecule has 0 unspecified atom stereocenters. The third-order valence-corrected chi connectivity index (χ3v) is 3.46. The minimum atomic E-state index is -0.0846. The van der Waals surface area contributed by atoms with Gasteiger partial charge in [-0.3, -0.25) is 9.89 Å². The van der Waals surface area contributed by atoms with Gasteiger partial charge in [-0.2, -0.15) is 5.10 Å². The molecule has 0 fully saturated rings. The Morgan fingerprint density at radius 3 is 2.95 bits per heavy atom. The van der Waals surface area contributed by atoms with Crippen molar-refractivity contribution in [2.45, 2.75) is 13.5 Å². The molecule has 0 spiro atoms. The lowest BCUT2D eigenvalue weighted by molar-refractivity contribution is -0.132. The summed E-state index contributed by atoms with van der Waals surface area (Å²) >= 11 is 3.42. The summed E-state index contributed by atoms with van der Waals surface area (Å²) in [4.78, 5) is 13.6. The van der Waals surface area contributed by atoms with Crippen LogP contribution in [0.15, 0.2) is 35.1 Å². The Balaban J connectivity index is 1.88. The lowest BCUT2D eigenvalue weighted by atomic mass is 10.2. The fourth-order valence-corrected chi connectivity index (χ4v) is 2.31. The molecule has 1 amide bonds. The predicted octanol–water partition coefficient (Wildman–Crippen LogP) is 2.52. The number of aryl methyl sites for hydroxylation is 1. The topological polar surface area (TPSA) is 58.2 Å². The van der Waals surface area contributed by atoms with E-state index in [1.807, 2.05) is 25.1 Å². The number of H-pyrrole nitrogens is 1. The summed E-state index contributed by atoms with van der Waals surface area (Å²) in [5.41, 5.74) is 2.09. The number of halogens is 1. The summed E-state index contributed by atoms with van der Waals surface area (Å²) in [6.45, 7) is 2.52. The molecule has 1 heterocycles. The molecule has 0 saturated carbocycles. The first-order valence-corrected chi connectivity index (χ1v) is 6.96. The van der Waals surface area contributed by atoms with E-state index in [-0.39, 0.29) is 12.5 Å². The third kappa shape index (κ3) is 3.84. The number of benzene rings is 1. The number of hydrogen-bond acceptors (Lipinski definition) is 3. The van der Waals surface area contributed by atoms with E-state index in [1.165, 1.54) is 0 Å². The number of aromatic amines is 1. The van der Waals surface area contributed by atoms with E-state index >= 15 is 0 Å². The molecule has 1 N–H and O–H groups in total. The third-order valence-electron chi connectivity index (χ3n) is 2.84. The minimum absolute atomic E-state index is 0.00993. The van der Waals surface area contributed by atoms with Crippen LogP contribution >= 0.6 is 15.9 Å². The molecule has 0 aliphatic heterocycles. The van der Waals surface area contributed by atoms with Crippen LogP contribution in [0.25, 0.3) is 0 Å². The second-order valence-electron chi connectivity index (χ2n) is 4.58. The van der Waals surface area contributed by atoms with Gasteiger partial charge in [0, 0.05) is 25.4 Å². The molecular weight excluding hydrogens is 322 g/mol. The standard InChI is InChI=1S/C14H16BrN3O2/c1-10-3-4-13(12(15)5-10)20-9-14(19)18(2)8-11-6-16-17-7-11/h3-7H,8-9H2,1-2H3,(H,16,17). The number of carbonyl (C=O) groups is 1. The van der Waals surface area contributed by atoms with Gasteiger partial charge in [-0.25, -0.2) is 0 Å². The summed E-state index contributed by atoms with van der Waals surface area (Å²) in [7, 11) is 1.74. The monoisotopic (exact) mass is 337 g/mol. The maximum atomic E-state index is 12.0. The lowest BCUT2D eigenvalue weighted by Gasteiger charge is -2.17. The van der Waals surface area contributed by atoms with Crippen molar-refractivity contribution in [3.05, 3.63) is 46.2 Å². The maximum absolute atomic E-state index is 12.0. The summed E-state index contributed by atoms with van der Waals surface area (Å²) in [5.74, 6) is 0.583. The van der Waals surface area contributed by atoms with Gasteiger partial charge < -0.3 is 9.64 Å². The van der Waals surface area contributed by atoms with Crippen LogP contribution in [0.5, 0.6) is 5.75 Å². The fourth-order valence-electron chi connectivity index (χ4n) is 1.70. The Morgan fingerprint density at radius 2 is 2.30 bits per heavy atom. The molecule has 0 saturated heterocycles. The molecule has 0 aliphatic rings. The SMILES string of the molecule is Cc1ccc(OCC(=O)N(C)Cc2cn[nH]c2)c(Br)c1. The van der Waals surface area contributed by atoms with Crippen molar-refractivity contribution >= 4 is 21.8 Å². The van der Waals surface area contributed by atoms with Crippen LogP contribution in [0.1, 0.15) is 11.1 Å². The van der Waals surface area contributed by atoms with E-state index in [9.17, 15) is 4.79 Å². The number of ether oxygens (including phenoxy) is 1. The van der Waals surface area contributed by atoms with Gasteiger partial charge in [0.05, 0.1) is 10.7 Å². The zero-order chi connectivity index (χ0) is 14.5. The van der Waals surface area contributed by atoms with Crippen molar-refractivity contribution in [1.29, 1.82) is 0 Å². The minimum Gasteiger partial charge on any atom is -0.483 e. The van der Waals surface area contributed by atoms with Crippen LogP contribution in [-0.2, 0) is 11.3 Å². The summed E-state index contributed by atoms with van der Waals surface area (Å²) < 4.78 is 6.38. The summed E-state index contributed by atoms with van der Waals surface area (Å²) in [6.07, 6.45) is 3.46. The molecule has 6 heteroatoms. The van der Waals surface area contributed by atoms with Crippen LogP contribution in [0.3, 0.4) is 0 Å². The zero-order valence-electron chi connectivity index (χ0n) is 11.4. The number of amides is 1. The van der Waals surface area contributed by atoms with Gasteiger partial charge in [0.25, 0.3) is 5.91 Å². The van der Waals surface area contributed by atoms with Gasteiger partial charge in [0.15, 0.2) is 6.61 Å². The second kappa shape index (κ2) is 6.56. The van der Waals surface area contributed by atoms with Crippen molar-refractivity contribution < 1.29 is 9.53 Å². The number of carbonyl (C=O) groups excluding carboxylic acids is 1. The van der Waals surface area contributed by atoms with E-state index in [2.05, 4.69) is 26.1 Å². The second-order valence-corrected chi connectivity index (χ2v) is 5.43. The molecule has 0 aliphatic carbocycles. The van der Waals surface area contributed by atoms with Crippen molar-refractivity contribution in [2.24, 2.45) is 0 Å². The molecule has 0 atom stereocenters. The fraction of sp³-hybridized carbons (Fsp3) is 0.286. The Morgan fingerprint density at radius 1 is 1.50 bits per heavy atom. The van der Waals surface area contributed by atoms with Crippen LogP contribution in [0.2, 0.25) is 0 Å². The van der Waals surface area contributed by atoms with E-state index < -0.39 is 0 Å². The Kier molecular flexibility index (Phi) is 4.79. The zero-order valence-corrected chi connectivity index (χ0v) is 13.0. The molecule has 20 heavy (non-hydrogen) atoms. The van der Waals surface area contributed by atoms with Gasteiger partial charge in [-0.15, -0.1) is 0 Å². The first kappa shape index (κ1) is 14.6. The summed E-state index contributed by atoms with van der Waals surface area (Å²) in [6, 6.07) is 5.75. The first-order valence-electron chi connectivity index (χ1n) is 6.17. The maximum Gasteiger partial charge on any atom is 0.260 e. The van der Waals surface area contributed by atoms with Gasteiger partial charge in [0.1, 0.15) is 5.75 Å². The Bertz CT molecular complexity index is 584. The molecule has 106 valence electrons. The number of likely N-dealkylation sites (N-methyl/N-ethyl adjacent to an activating group) is 1. The highest BCUT2D eigenvalue weighted by atomic mass is 79.9. The molecular formula is C14H16BrN3O2. The average Bonchev–Trinajstić information content (AvgIpc) is 2.90. The number of rotatable bonds is 5. The molecule has 1 aromatic heterocycles. The Hall–Kier alpha value is -1.82. The molecule has 0 radical (unpaired) electrons. The number of hydrogen-bond donors (Lipinski definition) is 1. The highest BCUT2D eigenvalue weighted by Gasteiger charge is 2.11. The normalized spacial score (nSPS) is 10.3. The number of nitrogens with one attached hydrogen (secondary N) is 1. The van der Waals surface area contributed by atoms with Crippen LogP contribution in [0, 0.1) is 6.92 Å². The smallest absolute Gasteiger partial charge is 0.260 e. The average molecular weight is 338 g/mol. The molecule has 2 rings (SSSR count). The van der Waals surface area contributed by atoms with Gasteiger partial charge >= 0.3 is 0 Å². The van der Waals surface area contributed by atoms with E-state index in [1.54, 1.807) is 24.3 Å². The predicted molar refractivity (Wildman–Crippen MR) is 79.4 cm³/mol. The quantitative estimate of drug-likeness (QED) is 0.911. The highest BCUT2D eigenvalue weighted by Crippen LogP contribution is 2.25.